The predicted molar refractivity (Wildman–Crippen MR) is 77.1 cm³/mol. The number of carbonyl (C=O) groups is 1. The van der Waals surface area contributed by atoms with Gasteiger partial charge in [-0.3, -0.25) is 4.79 Å². The lowest BCUT2D eigenvalue weighted by molar-refractivity contribution is -0.143. The molecule has 0 radical (unpaired) electrons. The fourth-order valence-electron chi connectivity index (χ4n) is 1.29. The van der Waals surface area contributed by atoms with Gasteiger partial charge < -0.3 is 14.6 Å². The van der Waals surface area contributed by atoms with Crippen LogP contribution in [0.2, 0.25) is 0 Å². The van der Waals surface area contributed by atoms with Crippen LogP contribution in [0.25, 0.3) is 0 Å². The van der Waals surface area contributed by atoms with Crippen LogP contribution in [0.3, 0.4) is 0 Å². The zero-order valence-electron chi connectivity index (χ0n) is 9.04. The van der Waals surface area contributed by atoms with E-state index in [-0.39, 0.29) is 12.0 Å². The number of aryl methyl sites for hydroxylation is 1. The molecule has 90 valence electrons. The molecule has 1 unspecified atom stereocenters. The average Bonchev–Trinajstić information content (AvgIpc) is 2.61. The molecule has 0 amide bonds. The molecule has 1 N–H and O–H groups in total. The van der Waals surface area contributed by atoms with Gasteiger partial charge in [-0.25, -0.2) is 4.98 Å². The maximum Gasteiger partial charge on any atom is 0.322 e. The van der Waals surface area contributed by atoms with Crippen molar-refractivity contribution in [3.8, 4) is 0 Å². The smallest absolute Gasteiger partial charge is 0.322 e. The highest BCUT2D eigenvalue weighted by Crippen LogP contribution is 2.13. The Kier molecular flexibility index (Phi) is 5.97. The van der Waals surface area contributed by atoms with E-state index in [1.807, 2.05) is 4.57 Å². The molecule has 0 spiro atoms. The van der Waals surface area contributed by atoms with Gasteiger partial charge in [0.2, 0.25) is 0 Å². The summed E-state index contributed by atoms with van der Waals surface area (Å²) in [5.74, 6) is -0.229. The summed E-state index contributed by atoms with van der Waals surface area (Å²) >= 11 is 4.43. The number of nitrogens with one attached hydrogen (secondary N) is 1. The van der Waals surface area contributed by atoms with E-state index < -0.39 is 0 Å². The number of nitrogens with zero attached hydrogens (tertiary/aromatic N) is 2. The average molecular weight is 449 g/mol. The minimum atomic E-state index is -0.263. The molecule has 1 aromatic heterocycles. The van der Waals surface area contributed by atoms with E-state index in [1.54, 1.807) is 13.4 Å². The number of imidazole rings is 1. The Morgan fingerprint density at radius 1 is 1.69 bits per heavy atom. The summed E-state index contributed by atoms with van der Waals surface area (Å²) in [4.78, 5) is 15.5. The number of hydrogen-bond donors (Lipinski definition) is 1. The molecular formula is C9H13I2N3O2. The number of likely N-dealkylation sites (N-methyl/N-ethyl adjacent to an activating group) is 1. The zero-order valence-corrected chi connectivity index (χ0v) is 13.4. The van der Waals surface area contributed by atoms with Crippen molar-refractivity contribution in [2.75, 3.05) is 14.2 Å². The Morgan fingerprint density at radius 2 is 2.38 bits per heavy atom. The summed E-state index contributed by atoms with van der Waals surface area (Å²) < 4.78 is 8.80. The first-order valence-electron chi connectivity index (χ1n) is 4.71. The van der Waals surface area contributed by atoms with E-state index in [0.29, 0.717) is 6.42 Å². The molecule has 0 aliphatic heterocycles. The number of halogens is 2. The van der Waals surface area contributed by atoms with E-state index in [2.05, 4.69) is 55.5 Å². The Labute approximate surface area is 122 Å². The van der Waals surface area contributed by atoms with Gasteiger partial charge in [0.1, 0.15) is 13.4 Å². The lowest BCUT2D eigenvalue weighted by atomic mass is 10.2. The summed E-state index contributed by atoms with van der Waals surface area (Å²) in [5.41, 5.74) is 0. The van der Waals surface area contributed by atoms with Crippen LogP contribution in [0, 0.1) is 7.40 Å². The van der Waals surface area contributed by atoms with Gasteiger partial charge in [-0.2, -0.15) is 0 Å². The lowest BCUT2D eigenvalue weighted by Gasteiger charge is -2.13. The van der Waals surface area contributed by atoms with Gasteiger partial charge in [0, 0.05) is 6.54 Å². The SMILES string of the molecule is CNC(CCn1cnc(I)c1I)C(=O)OC. The molecule has 0 bridgehead atoms. The molecule has 1 rings (SSSR count). The minimum absolute atomic E-state index is 0.229. The Balaban J connectivity index is 2.56. The first kappa shape index (κ1) is 14.2. The fraction of sp³-hybridized carbons (Fsp3) is 0.556. The zero-order chi connectivity index (χ0) is 12.1. The number of ether oxygens (including phenoxy) is 1. The van der Waals surface area contributed by atoms with E-state index in [9.17, 15) is 4.79 Å². The van der Waals surface area contributed by atoms with Gasteiger partial charge in [-0.05, 0) is 58.7 Å². The van der Waals surface area contributed by atoms with Crippen LogP contribution in [0.4, 0.5) is 0 Å². The van der Waals surface area contributed by atoms with Crippen molar-refractivity contribution in [1.82, 2.24) is 14.9 Å². The second-order valence-corrected chi connectivity index (χ2v) is 5.22. The van der Waals surface area contributed by atoms with Crippen LogP contribution >= 0.6 is 45.2 Å². The van der Waals surface area contributed by atoms with Crippen molar-refractivity contribution in [1.29, 1.82) is 0 Å². The van der Waals surface area contributed by atoms with Crippen molar-refractivity contribution in [3.63, 3.8) is 0 Å². The first-order chi connectivity index (χ1) is 7.60. The van der Waals surface area contributed by atoms with Crippen LogP contribution in [-0.2, 0) is 16.1 Å². The van der Waals surface area contributed by atoms with Crippen LogP contribution in [0.1, 0.15) is 6.42 Å². The van der Waals surface area contributed by atoms with Crippen molar-refractivity contribution in [2.24, 2.45) is 0 Å². The molecule has 0 saturated carbocycles. The van der Waals surface area contributed by atoms with Crippen LogP contribution in [-0.4, -0.2) is 35.7 Å². The summed E-state index contributed by atoms with van der Waals surface area (Å²) in [6.07, 6.45) is 2.47. The standard InChI is InChI=1S/C9H13I2N3O2/c1-12-6(9(15)16-2)3-4-14-5-13-7(10)8(14)11/h5-6,12H,3-4H2,1-2H3. The minimum Gasteiger partial charge on any atom is -0.468 e. The molecule has 0 aromatic carbocycles. The molecule has 1 aromatic rings. The van der Waals surface area contributed by atoms with Gasteiger partial charge in [-0.15, -0.1) is 0 Å². The Morgan fingerprint density at radius 3 is 2.81 bits per heavy atom. The maximum atomic E-state index is 11.3. The highest BCUT2D eigenvalue weighted by atomic mass is 127. The number of carbonyl (C=O) groups excluding carboxylic acids is 1. The van der Waals surface area contributed by atoms with E-state index in [1.165, 1.54) is 7.11 Å². The van der Waals surface area contributed by atoms with Crippen molar-refractivity contribution >= 4 is 51.2 Å². The molecule has 5 nitrogen and oxygen atoms in total. The van der Waals surface area contributed by atoms with Gasteiger partial charge in [0.15, 0.2) is 0 Å². The normalized spacial score (nSPS) is 12.5. The molecule has 1 heterocycles. The molecular weight excluding hydrogens is 436 g/mol. The molecule has 7 heteroatoms. The fourth-order valence-corrected chi connectivity index (χ4v) is 2.23. The molecule has 0 saturated heterocycles. The van der Waals surface area contributed by atoms with Crippen LogP contribution in [0.5, 0.6) is 0 Å². The summed E-state index contributed by atoms with van der Waals surface area (Å²) in [7, 11) is 3.15. The third-order valence-corrected chi connectivity index (χ3v) is 5.18. The maximum absolute atomic E-state index is 11.3. The second kappa shape index (κ2) is 6.74. The van der Waals surface area contributed by atoms with Gasteiger partial charge in [0.25, 0.3) is 0 Å². The largest absolute Gasteiger partial charge is 0.468 e. The number of esters is 1. The molecule has 0 aliphatic carbocycles. The Hall–Kier alpha value is 0.1000. The number of aromatic nitrogens is 2. The highest BCUT2D eigenvalue weighted by molar-refractivity contribution is 14.1. The highest BCUT2D eigenvalue weighted by Gasteiger charge is 2.17. The van der Waals surface area contributed by atoms with E-state index >= 15 is 0 Å². The molecule has 16 heavy (non-hydrogen) atoms. The second-order valence-electron chi connectivity index (χ2n) is 3.17. The quantitative estimate of drug-likeness (QED) is 0.544. The van der Waals surface area contributed by atoms with E-state index in [4.69, 9.17) is 4.74 Å². The number of rotatable bonds is 5. The van der Waals surface area contributed by atoms with Crippen molar-refractivity contribution < 1.29 is 9.53 Å². The molecule has 1 atom stereocenters. The summed E-state index contributed by atoms with van der Waals surface area (Å²) in [6, 6.07) is -0.263. The predicted octanol–water partition coefficient (Wildman–Crippen LogP) is 1.24. The van der Waals surface area contributed by atoms with Gasteiger partial charge >= 0.3 is 5.97 Å². The topological polar surface area (TPSA) is 56.2 Å². The lowest BCUT2D eigenvalue weighted by Crippen LogP contribution is -2.35. The first-order valence-corrected chi connectivity index (χ1v) is 6.87. The Bertz CT molecular complexity index is 368. The van der Waals surface area contributed by atoms with Gasteiger partial charge in [-0.1, -0.05) is 0 Å². The summed E-state index contributed by atoms with van der Waals surface area (Å²) in [6.45, 7) is 0.745. The third kappa shape index (κ3) is 3.55. The molecule has 0 aliphatic rings. The number of hydrogen-bond acceptors (Lipinski definition) is 4. The van der Waals surface area contributed by atoms with Crippen LogP contribution in [0.15, 0.2) is 6.33 Å². The van der Waals surface area contributed by atoms with Crippen molar-refractivity contribution in [2.45, 2.75) is 19.0 Å². The van der Waals surface area contributed by atoms with Gasteiger partial charge in [0.05, 0.1) is 13.4 Å². The third-order valence-electron chi connectivity index (χ3n) is 2.23. The molecule has 0 fully saturated rings. The monoisotopic (exact) mass is 449 g/mol. The van der Waals surface area contributed by atoms with Crippen LogP contribution < -0.4 is 5.32 Å². The van der Waals surface area contributed by atoms with E-state index in [0.717, 1.165) is 13.9 Å². The number of methoxy groups -OCH3 is 1. The van der Waals surface area contributed by atoms with Crippen molar-refractivity contribution in [3.05, 3.63) is 13.7 Å². The summed E-state index contributed by atoms with van der Waals surface area (Å²) in [5, 5.41) is 2.94.